The lowest BCUT2D eigenvalue weighted by Crippen LogP contribution is -2.47. The molecule has 2 aromatic carbocycles. The van der Waals surface area contributed by atoms with Crippen molar-refractivity contribution in [2.75, 3.05) is 30.0 Å². The number of nitrogens with one attached hydrogen (secondary N) is 2. The molecule has 0 bridgehead atoms. The van der Waals surface area contributed by atoms with Gasteiger partial charge in [-0.15, -0.1) is 0 Å². The number of likely N-dealkylation sites (tertiary alicyclic amines) is 1. The summed E-state index contributed by atoms with van der Waals surface area (Å²) in [6.45, 7) is 4.47. The molecule has 5 nitrogen and oxygen atoms in total. The zero-order valence-electron chi connectivity index (χ0n) is 15.8. The molecule has 5 rings (SSSR count). The molecule has 0 saturated carbocycles. The first kappa shape index (κ1) is 17.6. The highest BCUT2D eigenvalue weighted by Gasteiger charge is 2.31. The zero-order valence-corrected chi connectivity index (χ0v) is 17.4. The van der Waals surface area contributed by atoms with Crippen molar-refractivity contribution in [2.45, 2.75) is 25.8 Å². The molecule has 1 aromatic heterocycles. The van der Waals surface area contributed by atoms with Crippen LogP contribution in [-0.4, -0.2) is 41.6 Å². The third-order valence-electron chi connectivity index (χ3n) is 6.08. The standard InChI is InChI=1S/C22H23BrN4O/c1-14-17-12-15(23)6-7-18(17)25-21(14)22(28)26-10-8-16(9-11-26)27-13-24-19-4-2-3-5-20(19)27/h2-7,12,16,24-25H,8-11,13H2,1H3. The second kappa shape index (κ2) is 6.85. The molecule has 3 aromatic rings. The average Bonchev–Trinajstić information content (AvgIpc) is 3.29. The monoisotopic (exact) mass is 438 g/mol. The molecule has 0 radical (unpaired) electrons. The van der Waals surface area contributed by atoms with Crippen LogP contribution in [0, 0.1) is 6.92 Å². The van der Waals surface area contributed by atoms with Gasteiger partial charge in [-0.3, -0.25) is 4.79 Å². The van der Waals surface area contributed by atoms with Crippen LogP contribution in [0.3, 0.4) is 0 Å². The Bertz CT molecular complexity index is 1050. The molecular weight excluding hydrogens is 416 g/mol. The van der Waals surface area contributed by atoms with Crippen molar-refractivity contribution in [1.29, 1.82) is 0 Å². The summed E-state index contributed by atoms with van der Waals surface area (Å²) in [7, 11) is 0. The summed E-state index contributed by atoms with van der Waals surface area (Å²) in [6.07, 6.45) is 1.99. The van der Waals surface area contributed by atoms with E-state index in [4.69, 9.17) is 0 Å². The number of hydrogen-bond acceptors (Lipinski definition) is 3. The van der Waals surface area contributed by atoms with Crippen LogP contribution in [0.1, 0.15) is 28.9 Å². The number of aryl methyl sites for hydroxylation is 1. The van der Waals surface area contributed by atoms with Crippen molar-refractivity contribution < 1.29 is 4.79 Å². The largest absolute Gasteiger partial charge is 0.366 e. The highest BCUT2D eigenvalue weighted by molar-refractivity contribution is 9.10. The second-order valence-corrected chi connectivity index (χ2v) is 8.58. The molecule has 1 amide bonds. The van der Waals surface area contributed by atoms with Gasteiger partial charge < -0.3 is 20.1 Å². The lowest BCUT2D eigenvalue weighted by Gasteiger charge is -2.37. The first-order valence-corrected chi connectivity index (χ1v) is 10.6. The quantitative estimate of drug-likeness (QED) is 0.607. The highest BCUT2D eigenvalue weighted by Crippen LogP contribution is 2.35. The Balaban J connectivity index is 1.31. The number of piperidine rings is 1. The summed E-state index contributed by atoms with van der Waals surface area (Å²) in [4.78, 5) is 20.9. The number of fused-ring (bicyclic) bond motifs is 2. The van der Waals surface area contributed by atoms with Gasteiger partial charge in [-0.2, -0.15) is 0 Å². The smallest absolute Gasteiger partial charge is 0.270 e. The molecule has 0 atom stereocenters. The molecule has 2 aliphatic heterocycles. The molecule has 28 heavy (non-hydrogen) atoms. The van der Waals surface area contributed by atoms with E-state index >= 15 is 0 Å². The maximum Gasteiger partial charge on any atom is 0.270 e. The molecule has 0 unspecified atom stereocenters. The Morgan fingerprint density at radius 1 is 1.14 bits per heavy atom. The Kier molecular flexibility index (Phi) is 4.31. The van der Waals surface area contributed by atoms with Crippen LogP contribution in [0.2, 0.25) is 0 Å². The molecule has 2 N–H and O–H groups in total. The van der Waals surface area contributed by atoms with Crippen LogP contribution in [0.5, 0.6) is 0 Å². The summed E-state index contributed by atoms with van der Waals surface area (Å²) < 4.78 is 1.03. The molecular formula is C22H23BrN4O. The molecule has 0 spiro atoms. The SMILES string of the molecule is Cc1c(C(=O)N2CCC(N3CNc4ccccc43)CC2)[nH]c2ccc(Br)cc12. The van der Waals surface area contributed by atoms with E-state index in [9.17, 15) is 4.79 Å². The molecule has 1 fully saturated rings. The number of nitrogens with zero attached hydrogens (tertiary/aromatic N) is 2. The summed E-state index contributed by atoms with van der Waals surface area (Å²) in [6, 6.07) is 15.0. The van der Waals surface area contributed by atoms with Gasteiger partial charge in [0.1, 0.15) is 5.69 Å². The van der Waals surface area contributed by atoms with Crippen molar-refractivity contribution in [3.63, 3.8) is 0 Å². The summed E-state index contributed by atoms with van der Waals surface area (Å²) in [5.41, 5.74) is 5.25. The van der Waals surface area contributed by atoms with Gasteiger partial charge in [0, 0.05) is 34.5 Å². The van der Waals surface area contributed by atoms with Gasteiger partial charge in [0.15, 0.2) is 0 Å². The van der Waals surface area contributed by atoms with Crippen molar-refractivity contribution in [2.24, 2.45) is 0 Å². The van der Waals surface area contributed by atoms with Crippen molar-refractivity contribution in [3.8, 4) is 0 Å². The predicted octanol–water partition coefficient (Wildman–Crippen LogP) is 4.73. The first-order valence-electron chi connectivity index (χ1n) is 9.78. The van der Waals surface area contributed by atoms with Gasteiger partial charge in [0.25, 0.3) is 5.91 Å². The number of aromatic amines is 1. The summed E-state index contributed by atoms with van der Waals surface area (Å²) in [5, 5.41) is 4.57. The molecule has 2 aliphatic rings. The third kappa shape index (κ3) is 2.87. The van der Waals surface area contributed by atoms with E-state index in [-0.39, 0.29) is 5.91 Å². The van der Waals surface area contributed by atoms with Crippen molar-refractivity contribution in [3.05, 3.63) is 58.2 Å². The maximum atomic E-state index is 13.2. The summed E-state index contributed by atoms with van der Waals surface area (Å²) >= 11 is 3.52. The van der Waals surface area contributed by atoms with Crippen LogP contribution in [0.25, 0.3) is 10.9 Å². The van der Waals surface area contributed by atoms with Gasteiger partial charge in [0.05, 0.1) is 18.0 Å². The predicted molar refractivity (Wildman–Crippen MR) is 117 cm³/mol. The number of anilines is 2. The lowest BCUT2D eigenvalue weighted by atomic mass is 10.0. The number of carbonyl (C=O) groups excluding carboxylic acids is 1. The number of halogens is 1. The van der Waals surface area contributed by atoms with E-state index in [1.165, 1.54) is 11.4 Å². The number of carbonyl (C=O) groups is 1. The van der Waals surface area contributed by atoms with Crippen LogP contribution >= 0.6 is 15.9 Å². The molecule has 144 valence electrons. The van der Waals surface area contributed by atoms with Crippen LogP contribution in [0.15, 0.2) is 46.9 Å². The van der Waals surface area contributed by atoms with E-state index in [0.29, 0.717) is 6.04 Å². The van der Waals surface area contributed by atoms with Crippen LogP contribution < -0.4 is 10.2 Å². The number of H-pyrrole nitrogens is 1. The number of para-hydroxylation sites is 2. The molecule has 6 heteroatoms. The number of hydrogen-bond donors (Lipinski definition) is 2. The zero-order chi connectivity index (χ0) is 19.3. The Morgan fingerprint density at radius 2 is 1.93 bits per heavy atom. The Hall–Kier alpha value is -2.47. The molecule has 1 saturated heterocycles. The number of aromatic nitrogens is 1. The number of benzene rings is 2. The first-order chi connectivity index (χ1) is 13.6. The Morgan fingerprint density at radius 3 is 2.75 bits per heavy atom. The topological polar surface area (TPSA) is 51.4 Å². The van der Waals surface area contributed by atoms with Crippen molar-refractivity contribution >= 4 is 44.1 Å². The number of rotatable bonds is 2. The van der Waals surface area contributed by atoms with Crippen LogP contribution in [0.4, 0.5) is 11.4 Å². The van der Waals surface area contributed by atoms with Crippen molar-refractivity contribution in [1.82, 2.24) is 9.88 Å². The fraction of sp³-hybridized carbons (Fsp3) is 0.318. The lowest BCUT2D eigenvalue weighted by molar-refractivity contribution is 0.0707. The number of amides is 1. The van der Waals surface area contributed by atoms with Gasteiger partial charge in [0.2, 0.25) is 0 Å². The van der Waals surface area contributed by atoms with E-state index in [0.717, 1.165) is 59.2 Å². The van der Waals surface area contributed by atoms with Gasteiger partial charge in [-0.25, -0.2) is 0 Å². The minimum Gasteiger partial charge on any atom is -0.366 e. The average molecular weight is 439 g/mol. The third-order valence-corrected chi connectivity index (χ3v) is 6.57. The molecule has 3 heterocycles. The highest BCUT2D eigenvalue weighted by atomic mass is 79.9. The Labute approximate surface area is 172 Å². The van der Waals surface area contributed by atoms with Gasteiger partial charge >= 0.3 is 0 Å². The van der Waals surface area contributed by atoms with E-state index < -0.39 is 0 Å². The van der Waals surface area contributed by atoms with E-state index in [1.54, 1.807) is 0 Å². The van der Waals surface area contributed by atoms with Crippen LogP contribution in [-0.2, 0) is 0 Å². The van der Waals surface area contributed by atoms with Gasteiger partial charge in [-0.1, -0.05) is 28.1 Å². The van der Waals surface area contributed by atoms with E-state index in [2.05, 4.69) is 61.5 Å². The fourth-order valence-corrected chi connectivity index (χ4v) is 4.87. The minimum absolute atomic E-state index is 0.114. The van der Waals surface area contributed by atoms with E-state index in [1.807, 2.05) is 24.0 Å². The second-order valence-electron chi connectivity index (χ2n) is 7.66. The molecule has 0 aliphatic carbocycles. The fourth-order valence-electron chi connectivity index (χ4n) is 4.51. The summed E-state index contributed by atoms with van der Waals surface area (Å²) in [5.74, 6) is 0.114. The normalized spacial score (nSPS) is 17.1. The minimum atomic E-state index is 0.114. The van der Waals surface area contributed by atoms with Gasteiger partial charge in [-0.05, 0) is 55.7 Å². The maximum absolute atomic E-state index is 13.2.